The van der Waals surface area contributed by atoms with E-state index in [-0.39, 0.29) is 131 Å². The van der Waals surface area contributed by atoms with Gasteiger partial charge in [-0.1, -0.05) is 0 Å². The summed E-state index contributed by atoms with van der Waals surface area (Å²) in [6.07, 6.45) is -11.2. The molecule has 0 aromatic heterocycles. The van der Waals surface area contributed by atoms with Crippen LogP contribution in [0.3, 0.4) is 0 Å². The fourth-order valence-corrected chi connectivity index (χ4v) is 1.18. The second kappa shape index (κ2) is 26.2. The van der Waals surface area contributed by atoms with Gasteiger partial charge in [0.05, 0.1) is 11.9 Å². The van der Waals surface area contributed by atoms with Crippen LogP contribution in [0.25, 0.3) is 0 Å². The van der Waals surface area contributed by atoms with Crippen molar-refractivity contribution in [3.8, 4) is 0 Å². The van der Waals surface area contributed by atoms with Crippen molar-refractivity contribution in [1.29, 1.82) is 0 Å². The number of carboxylic acid groups (broad SMARTS) is 4. The Morgan fingerprint density at radius 2 is 0.853 bits per heavy atom. The van der Waals surface area contributed by atoms with Crippen LogP contribution in [0, 0.1) is 0 Å². The normalized spacial score (nSPS) is 12.1. The number of ether oxygens (including phenoxy) is 2. The molecule has 20 heteroatoms. The van der Waals surface area contributed by atoms with Crippen molar-refractivity contribution >= 4 is 48.4 Å². The second-order valence-corrected chi connectivity index (χ2v) is 4.80. The van der Waals surface area contributed by atoms with Gasteiger partial charge in [0.2, 0.25) is 12.2 Å². The first-order valence-electron chi connectivity index (χ1n) is 7.25. The minimum Gasteiger partial charge on any atom is -0.550 e. The molecule has 0 radical (unpaired) electrons. The van der Waals surface area contributed by atoms with Crippen LogP contribution in [0.2, 0.25) is 0 Å². The molecule has 0 saturated heterocycles. The summed E-state index contributed by atoms with van der Waals surface area (Å²) in [6.45, 7) is 0. The maximum absolute atomic E-state index is 10.7. The molecular weight excluding hydrogens is 516 g/mol. The second-order valence-electron chi connectivity index (χ2n) is 4.80. The third-order valence-electron chi connectivity index (χ3n) is 2.49. The average Bonchev–Trinajstić information content (AvgIpc) is 2.64. The van der Waals surface area contributed by atoms with E-state index in [1.807, 2.05) is 0 Å². The van der Waals surface area contributed by atoms with Gasteiger partial charge in [-0.3, -0.25) is 9.59 Å². The zero-order chi connectivity index (χ0) is 24.0. The summed E-state index contributed by atoms with van der Waals surface area (Å²) in [5.74, 6) is -10.6. The molecule has 0 aromatic rings. The topological polar surface area (TPSA) is 288 Å². The molecule has 4 unspecified atom stereocenters. The van der Waals surface area contributed by atoms with Gasteiger partial charge >= 0.3 is 130 Å². The average molecular weight is 528 g/mol. The molecule has 2 N–H and O–H groups in total. The molecule has 0 aliphatic heterocycles. The minimum absolute atomic E-state index is 0. The summed E-state index contributed by atoms with van der Waals surface area (Å²) in [6, 6.07) is 0. The Labute approximate surface area is 278 Å². The van der Waals surface area contributed by atoms with Gasteiger partial charge in [-0.2, -0.15) is 0 Å². The van der Waals surface area contributed by atoms with E-state index in [9.17, 15) is 58.8 Å². The largest absolute Gasteiger partial charge is 1.00 e. The molecule has 0 aromatic carbocycles. The summed E-state index contributed by atoms with van der Waals surface area (Å²) in [7, 11) is 0. The van der Waals surface area contributed by atoms with Crippen molar-refractivity contribution in [3.63, 3.8) is 0 Å². The molecule has 0 bridgehead atoms. The fraction of sp³-hybridized carbons (Fsp3) is 0.429. The standard InChI is InChI=1S/2C7H8O8.4Na/c2*8-2-3(9)7(14)15-4(6(12)13)1-5(10)11;;;;/h2*2-4,9H,1H2,(H,10,11)(H,12,13);;;;/q;;4*+1/p-4. The van der Waals surface area contributed by atoms with Gasteiger partial charge in [-0.15, -0.1) is 0 Å². The van der Waals surface area contributed by atoms with E-state index < -0.39 is 73.1 Å². The first kappa shape index (κ1) is 47.3. The first-order valence-corrected chi connectivity index (χ1v) is 7.25. The fourth-order valence-electron chi connectivity index (χ4n) is 1.18. The number of aliphatic carboxylic acids is 4. The summed E-state index contributed by atoms with van der Waals surface area (Å²) >= 11 is 0. The van der Waals surface area contributed by atoms with E-state index in [2.05, 4.69) is 9.47 Å². The van der Waals surface area contributed by atoms with E-state index in [1.165, 1.54) is 0 Å². The Kier molecular flexibility index (Phi) is 36.4. The third-order valence-corrected chi connectivity index (χ3v) is 2.49. The van der Waals surface area contributed by atoms with Crippen LogP contribution in [0.4, 0.5) is 0 Å². The molecule has 0 fully saturated rings. The molecule has 4 atom stereocenters. The summed E-state index contributed by atoms with van der Waals surface area (Å²) in [4.78, 5) is 81.6. The molecule has 0 heterocycles. The number of aliphatic hydroxyl groups is 2. The van der Waals surface area contributed by atoms with Crippen LogP contribution in [-0.4, -0.2) is 83.0 Å². The number of esters is 2. The molecular formula is C14H12Na4O16. The van der Waals surface area contributed by atoms with Crippen molar-refractivity contribution in [2.24, 2.45) is 0 Å². The number of hydrogen-bond donors (Lipinski definition) is 2. The molecule has 0 spiro atoms. The predicted octanol–water partition coefficient (Wildman–Crippen LogP) is -21.3. The van der Waals surface area contributed by atoms with Crippen molar-refractivity contribution in [1.82, 2.24) is 0 Å². The van der Waals surface area contributed by atoms with E-state index in [0.29, 0.717) is 0 Å². The van der Waals surface area contributed by atoms with Gasteiger partial charge in [-0.05, 0) is 0 Å². The predicted molar refractivity (Wildman–Crippen MR) is 73.2 cm³/mol. The van der Waals surface area contributed by atoms with Crippen molar-refractivity contribution in [2.45, 2.75) is 37.3 Å². The number of rotatable bonds is 12. The molecule has 0 amide bonds. The Hall–Kier alpha value is 0.0800. The molecule has 0 aliphatic carbocycles. The zero-order valence-corrected chi connectivity index (χ0v) is 26.5. The van der Waals surface area contributed by atoms with Crippen LogP contribution < -0.4 is 139 Å². The number of aliphatic hydroxyl groups excluding tert-OH is 2. The number of carbonyl (C=O) groups is 8. The van der Waals surface area contributed by atoms with Gasteiger partial charge in [0, 0.05) is 24.8 Å². The Morgan fingerprint density at radius 1 is 0.618 bits per heavy atom. The van der Waals surface area contributed by atoms with Gasteiger partial charge < -0.3 is 59.3 Å². The van der Waals surface area contributed by atoms with Crippen LogP contribution in [0.5, 0.6) is 0 Å². The number of aldehydes is 2. The molecule has 34 heavy (non-hydrogen) atoms. The molecule has 16 nitrogen and oxygen atoms in total. The van der Waals surface area contributed by atoms with Crippen molar-refractivity contribution in [2.75, 3.05) is 0 Å². The van der Waals surface area contributed by atoms with Gasteiger partial charge in [-0.25, -0.2) is 9.59 Å². The van der Waals surface area contributed by atoms with Gasteiger partial charge in [0.25, 0.3) is 0 Å². The zero-order valence-electron chi connectivity index (χ0n) is 18.5. The smallest absolute Gasteiger partial charge is 0.550 e. The number of carboxylic acids is 4. The molecule has 0 aliphatic rings. The third kappa shape index (κ3) is 23.8. The number of carbonyl (C=O) groups excluding carboxylic acids is 8. The van der Waals surface area contributed by atoms with E-state index in [4.69, 9.17) is 10.2 Å². The Morgan fingerprint density at radius 3 is 1.00 bits per heavy atom. The summed E-state index contributed by atoms with van der Waals surface area (Å²) in [5, 5.41) is 57.6. The Balaban J connectivity index is -0.000000103. The van der Waals surface area contributed by atoms with Crippen LogP contribution in [0.1, 0.15) is 12.8 Å². The van der Waals surface area contributed by atoms with E-state index in [0.717, 1.165) is 0 Å². The maximum Gasteiger partial charge on any atom is 1.00 e. The van der Waals surface area contributed by atoms with Crippen LogP contribution >= 0.6 is 0 Å². The quantitative estimate of drug-likeness (QED) is 0.103. The molecule has 168 valence electrons. The first-order chi connectivity index (χ1) is 13.8. The van der Waals surface area contributed by atoms with Gasteiger partial charge in [0.1, 0.15) is 12.2 Å². The maximum atomic E-state index is 10.7. The Bertz CT molecular complexity index is 641. The van der Waals surface area contributed by atoms with Crippen molar-refractivity contribution in [3.05, 3.63) is 0 Å². The van der Waals surface area contributed by atoms with Gasteiger partial charge in [0.15, 0.2) is 12.6 Å². The molecule has 0 rings (SSSR count). The van der Waals surface area contributed by atoms with Crippen molar-refractivity contribution < 1.29 is 197 Å². The molecule has 0 saturated carbocycles. The van der Waals surface area contributed by atoms with E-state index in [1.54, 1.807) is 0 Å². The van der Waals surface area contributed by atoms with Crippen LogP contribution in [0.15, 0.2) is 0 Å². The SMILES string of the molecule is O=CC(O)C(=O)OC(CC(=O)[O-])C(=O)[O-].O=CC(O)C(=O)OC(CC(=O)[O-])C(=O)[O-].[Na+].[Na+].[Na+].[Na+]. The minimum atomic E-state index is -2.16. The van der Waals surface area contributed by atoms with E-state index >= 15 is 0 Å². The number of hydrogen-bond acceptors (Lipinski definition) is 16. The summed E-state index contributed by atoms with van der Waals surface area (Å²) < 4.78 is 7.94. The van der Waals surface area contributed by atoms with Crippen LogP contribution in [-0.2, 0) is 47.8 Å². The monoisotopic (exact) mass is 528 g/mol. The summed E-state index contributed by atoms with van der Waals surface area (Å²) in [5.41, 5.74) is 0.